The van der Waals surface area contributed by atoms with Crippen molar-refractivity contribution in [3.05, 3.63) is 29.8 Å². The zero-order valence-electron chi connectivity index (χ0n) is 19.7. The molecule has 1 aliphatic rings. The number of esters is 3. The molecule has 0 aromatic heterocycles. The molecule has 0 unspecified atom stereocenters. The summed E-state index contributed by atoms with van der Waals surface area (Å²) in [7, 11) is 0. The van der Waals surface area contributed by atoms with Gasteiger partial charge in [0.25, 0.3) is 0 Å². The van der Waals surface area contributed by atoms with E-state index in [2.05, 4.69) is 0 Å². The van der Waals surface area contributed by atoms with Gasteiger partial charge in [-0.3, -0.25) is 14.4 Å². The second kappa shape index (κ2) is 13.5. The Morgan fingerprint density at radius 1 is 0.853 bits per heavy atom. The lowest BCUT2D eigenvalue weighted by atomic mass is 10.0. The fourth-order valence-corrected chi connectivity index (χ4v) is 3.35. The molecule has 0 amide bonds. The molecule has 2 rings (SSSR count). The number of benzene rings is 1. The van der Waals surface area contributed by atoms with Crippen molar-refractivity contribution in [2.24, 2.45) is 0 Å². The van der Waals surface area contributed by atoms with E-state index in [-0.39, 0.29) is 37.2 Å². The average molecular weight is 481 g/mol. The topological polar surface area (TPSA) is 135 Å². The first-order chi connectivity index (χ1) is 16.3. The predicted octanol–water partition coefficient (Wildman–Crippen LogP) is 3.26. The maximum atomic E-state index is 12.4. The van der Waals surface area contributed by atoms with E-state index in [9.17, 15) is 24.3 Å². The molecule has 1 saturated heterocycles. The van der Waals surface area contributed by atoms with Crippen LogP contribution in [0.3, 0.4) is 0 Å². The summed E-state index contributed by atoms with van der Waals surface area (Å²) < 4.78 is 28.2. The van der Waals surface area contributed by atoms with Gasteiger partial charge in [-0.1, -0.05) is 32.9 Å². The molecule has 34 heavy (non-hydrogen) atoms. The van der Waals surface area contributed by atoms with Crippen LogP contribution < -0.4 is 4.74 Å². The van der Waals surface area contributed by atoms with E-state index in [1.165, 1.54) is 18.2 Å². The summed E-state index contributed by atoms with van der Waals surface area (Å²) >= 11 is 0. The molecule has 1 aromatic carbocycles. The van der Waals surface area contributed by atoms with Gasteiger partial charge in [-0.05, 0) is 31.4 Å². The molecule has 0 spiro atoms. The zero-order chi connectivity index (χ0) is 25.1. The van der Waals surface area contributed by atoms with Crippen molar-refractivity contribution < 1.29 is 48.0 Å². The highest BCUT2D eigenvalue weighted by Crippen LogP contribution is 2.29. The lowest BCUT2D eigenvalue weighted by molar-refractivity contribution is -0.261. The van der Waals surface area contributed by atoms with Gasteiger partial charge < -0.3 is 28.8 Å². The van der Waals surface area contributed by atoms with Crippen molar-refractivity contribution in [3.8, 4) is 5.75 Å². The lowest BCUT2D eigenvalue weighted by Gasteiger charge is -2.40. The second-order valence-corrected chi connectivity index (χ2v) is 7.81. The Kier molecular flexibility index (Phi) is 10.8. The van der Waals surface area contributed by atoms with E-state index in [1.54, 1.807) is 19.9 Å². The van der Waals surface area contributed by atoms with Crippen LogP contribution in [0.1, 0.15) is 69.7 Å². The Balaban J connectivity index is 2.39. The van der Waals surface area contributed by atoms with Crippen molar-refractivity contribution in [2.45, 2.75) is 83.9 Å². The van der Waals surface area contributed by atoms with E-state index >= 15 is 0 Å². The maximum Gasteiger partial charge on any atom is 0.339 e. The highest BCUT2D eigenvalue weighted by molar-refractivity contribution is 5.90. The molecule has 0 radical (unpaired) electrons. The normalized spacial score (nSPS) is 21.9. The van der Waals surface area contributed by atoms with Gasteiger partial charge in [0.1, 0.15) is 11.3 Å². The molecule has 188 valence electrons. The van der Waals surface area contributed by atoms with Crippen LogP contribution in [0.25, 0.3) is 0 Å². The van der Waals surface area contributed by atoms with Crippen LogP contribution in [0, 0.1) is 0 Å². The smallest absolute Gasteiger partial charge is 0.339 e. The van der Waals surface area contributed by atoms with Gasteiger partial charge in [-0.15, -0.1) is 0 Å². The molecule has 10 heteroatoms. The summed E-state index contributed by atoms with van der Waals surface area (Å²) in [6.45, 7) is 5.21. The highest BCUT2D eigenvalue weighted by atomic mass is 16.7. The minimum Gasteiger partial charge on any atom is -0.478 e. The van der Waals surface area contributed by atoms with Crippen LogP contribution in [0.4, 0.5) is 0 Å². The SMILES string of the molecule is CCCC(=O)O[C@@H]1[C@@H](OC(=O)CCC)[C@@H](Oc2ccccc2C(=O)O)OC[C@@H]1OC(=O)CCC. The number of ether oxygens (including phenoxy) is 5. The highest BCUT2D eigenvalue weighted by Gasteiger charge is 2.49. The fraction of sp³-hybridized carbons (Fsp3) is 0.583. The Bertz CT molecular complexity index is 852. The van der Waals surface area contributed by atoms with Crippen molar-refractivity contribution >= 4 is 23.9 Å². The van der Waals surface area contributed by atoms with Crippen molar-refractivity contribution in [1.29, 1.82) is 0 Å². The minimum atomic E-state index is -1.30. The van der Waals surface area contributed by atoms with Crippen LogP contribution in [-0.4, -0.2) is 60.2 Å². The molecule has 1 aromatic rings. The van der Waals surface area contributed by atoms with Gasteiger partial charge in [0.15, 0.2) is 12.2 Å². The van der Waals surface area contributed by atoms with Gasteiger partial charge in [-0.25, -0.2) is 4.79 Å². The zero-order valence-corrected chi connectivity index (χ0v) is 19.7. The van der Waals surface area contributed by atoms with Crippen LogP contribution in [-0.2, 0) is 33.3 Å². The second-order valence-electron chi connectivity index (χ2n) is 7.81. The lowest BCUT2D eigenvalue weighted by Crippen LogP contribution is -2.59. The molecule has 0 bridgehead atoms. The molecule has 10 nitrogen and oxygen atoms in total. The van der Waals surface area contributed by atoms with E-state index < -0.39 is 48.5 Å². The van der Waals surface area contributed by atoms with Crippen molar-refractivity contribution in [1.82, 2.24) is 0 Å². The van der Waals surface area contributed by atoms with Crippen molar-refractivity contribution in [3.63, 3.8) is 0 Å². The number of carbonyl (C=O) groups is 4. The monoisotopic (exact) mass is 480 g/mol. The molecule has 0 saturated carbocycles. The quantitative estimate of drug-likeness (QED) is 0.351. The molecular formula is C24H32O10. The number of aromatic carboxylic acids is 1. The Labute approximate surface area is 198 Å². The third-order valence-electron chi connectivity index (χ3n) is 4.92. The number of para-hydroxylation sites is 1. The van der Waals surface area contributed by atoms with Gasteiger partial charge in [0, 0.05) is 19.3 Å². The van der Waals surface area contributed by atoms with Gasteiger partial charge in [0.05, 0.1) is 6.61 Å². The summed E-state index contributed by atoms with van der Waals surface area (Å²) in [6, 6.07) is 5.90. The first-order valence-corrected chi connectivity index (χ1v) is 11.5. The molecule has 0 aliphatic carbocycles. The number of hydrogen-bond donors (Lipinski definition) is 1. The third-order valence-corrected chi connectivity index (χ3v) is 4.92. The molecular weight excluding hydrogens is 448 g/mol. The average Bonchev–Trinajstić information content (AvgIpc) is 2.78. The van der Waals surface area contributed by atoms with E-state index in [4.69, 9.17) is 23.7 Å². The van der Waals surface area contributed by atoms with Crippen LogP contribution in [0.2, 0.25) is 0 Å². The number of carboxylic acid groups (broad SMARTS) is 1. The van der Waals surface area contributed by atoms with Gasteiger partial charge in [0.2, 0.25) is 12.4 Å². The number of carbonyl (C=O) groups excluding carboxylic acids is 3. The van der Waals surface area contributed by atoms with E-state index in [0.717, 1.165) is 0 Å². The third kappa shape index (κ3) is 7.72. The van der Waals surface area contributed by atoms with Gasteiger partial charge >= 0.3 is 23.9 Å². The largest absolute Gasteiger partial charge is 0.478 e. The van der Waals surface area contributed by atoms with Crippen LogP contribution in [0.15, 0.2) is 24.3 Å². The minimum absolute atomic E-state index is 0.0170. The first kappa shape index (κ1) is 27.1. The Hall–Kier alpha value is -3.14. The molecule has 1 N–H and O–H groups in total. The Morgan fingerprint density at radius 3 is 1.94 bits per heavy atom. The van der Waals surface area contributed by atoms with Crippen molar-refractivity contribution in [2.75, 3.05) is 6.61 Å². The summed E-state index contributed by atoms with van der Waals surface area (Å²) in [6.07, 6.45) is -2.90. The molecule has 4 atom stereocenters. The maximum absolute atomic E-state index is 12.4. The number of hydrogen-bond acceptors (Lipinski definition) is 9. The summed E-state index contributed by atoms with van der Waals surface area (Å²) in [5.74, 6) is -2.90. The fourth-order valence-electron chi connectivity index (χ4n) is 3.35. The van der Waals surface area contributed by atoms with Crippen LogP contribution in [0.5, 0.6) is 5.75 Å². The summed E-state index contributed by atoms with van der Waals surface area (Å²) in [5.41, 5.74) is -0.124. The summed E-state index contributed by atoms with van der Waals surface area (Å²) in [4.78, 5) is 48.5. The van der Waals surface area contributed by atoms with E-state index in [1.807, 2.05) is 6.92 Å². The van der Waals surface area contributed by atoms with Gasteiger partial charge in [-0.2, -0.15) is 0 Å². The van der Waals surface area contributed by atoms with Crippen LogP contribution >= 0.6 is 0 Å². The summed E-state index contributed by atoms with van der Waals surface area (Å²) in [5, 5.41) is 9.47. The number of rotatable bonds is 12. The molecule has 1 fully saturated rings. The molecule has 1 heterocycles. The number of carboxylic acids is 1. The standard InChI is InChI=1S/C24H32O10/c1-4-9-18(25)31-17-14-30-24(32-16-13-8-7-12-15(16)23(28)29)22(34-20(27)11-6-3)21(17)33-19(26)10-5-2/h7-8,12-13,17,21-22,24H,4-6,9-11,14H2,1-3H3,(H,28,29)/t17-,21-,22+,24+/m0/s1. The first-order valence-electron chi connectivity index (χ1n) is 11.5. The molecule has 1 aliphatic heterocycles. The predicted molar refractivity (Wildman–Crippen MR) is 118 cm³/mol. The Morgan fingerprint density at radius 2 is 1.38 bits per heavy atom. The van der Waals surface area contributed by atoms with E-state index in [0.29, 0.717) is 19.3 Å².